The topological polar surface area (TPSA) is 57.5 Å². The number of rotatable bonds is 5. The van der Waals surface area contributed by atoms with Gasteiger partial charge in [0.1, 0.15) is 0 Å². The summed E-state index contributed by atoms with van der Waals surface area (Å²) in [6.07, 6.45) is 5.09. The zero-order valence-corrected chi connectivity index (χ0v) is 17.0. The fraction of sp³-hybridized carbons (Fsp3) is 0.476. The average Bonchev–Trinajstić information content (AvgIpc) is 2.53. The van der Waals surface area contributed by atoms with Crippen LogP contribution < -0.4 is 5.19 Å². The van der Waals surface area contributed by atoms with Gasteiger partial charge >= 0.3 is 5.97 Å². The van der Waals surface area contributed by atoms with Crippen molar-refractivity contribution in [1.29, 1.82) is 0 Å². The molecule has 0 heterocycles. The normalized spacial score (nSPS) is 20.7. The molecule has 0 bridgehead atoms. The van der Waals surface area contributed by atoms with Gasteiger partial charge in [-0.25, -0.2) is 4.79 Å². The Hall–Kier alpha value is -1.65. The van der Waals surface area contributed by atoms with E-state index in [4.69, 9.17) is 0 Å². The number of carbonyl (C=O) groups is 1. The minimum atomic E-state index is -1.79. The van der Waals surface area contributed by atoms with Gasteiger partial charge in [-0.1, -0.05) is 57.2 Å². The lowest BCUT2D eigenvalue weighted by atomic mass is 9.89. The molecular formula is C21H28O3Si. The number of aliphatic carboxylic acids is 1. The predicted molar refractivity (Wildman–Crippen MR) is 105 cm³/mol. The molecule has 3 nitrogen and oxygen atoms in total. The minimum absolute atomic E-state index is 0.0945. The van der Waals surface area contributed by atoms with Gasteiger partial charge in [0.2, 0.25) is 0 Å². The van der Waals surface area contributed by atoms with Crippen LogP contribution in [0.25, 0.3) is 5.57 Å². The van der Waals surface area contributed by atoms with Crippen LogP contribution in [0.1, 0.15) is 50.8 Å². The number of allylic oxidation sites excluding steroid dienone is 2. The van der Waals surface area contributed by atoms with E-state index in [1.165, 1.54) is 22.4 Å². The van der Waals surface area contributed by atoms with E-state index in [1.807, 2.05) is 6.08 Å². The highest BCUT2D eigenvalue weighted by Crippen LogP contribution is 2.34. The second-order valence-electron chi connectivity index (χ2n) is 7.86. The molecule has 0 aromatic heterocycles. The van der Waals surface area contributed by atoms with Crippen molar-refractivity contribution in [3.05, 3.63) is 47.1 Å². The minimum Gasteiger partial charge on any atom is -0.479 e. The molecule has 1 aliphatic carbocycles. The molecule has 2 N–H and O–H groups in total. The predicted octanol–water partition coefficient (Wildman–Crippen LogP) is 3.65. The first-order valence-corrected chi connectivity index (χ1v) is 9.72. The lowest BCUT2D eigenvalue weighted by molar-refractivity contribution is -0.153. The average molecular weight is 357 g/mol. The van der Waals surface area contributed by atoms with Gasteiger partial charge in [0.15, 0.2) is 5.60 Å². The molecule has 0 aliphatic heterocycles. The summed E-state index contributed by atoms with van der Waals surface area (Å²) in [5, 5.41) is 20.8. The van der Waals surface area contributed by atoms with Gasteiger partial charge in [0, 0.05) is 6.42 Å². The second-order valence-corrected chi connectivity index (χ2v) is 9.90. The first-order chi connectivity index (χ1) is 11.5. The third-order valence-corrected chi connectivity index (χ3v) is 7.60. The van der Waals surface area contributed by atoms with Crippen molar-refractivity contribution in [2.75, 3.05) is 0 Å². The lowest BCUT2D eigenvalue weighted by Crippen LogP contribution is -2.37. The van der Waals surface area contributed by atoms with E-state index in [-0.39, 0.29) is 11.5 Å². The quantitative estimate of drug-likeness (QED) is 0.792. The third kappa shape index (κ3) is 3.96. The summed E-state index contributed by atoms with van der Waals surface area (Å²) in [7, 11) is 0.658. The van der Waals surface area contributed by atoms with E-state index < -0.39 is 11.6 Å². The molecular weight excluding hydrogens is 328 g/mol. The number of benzene rings is 1. The molecule has 1 atom stereocenters. The number of carboxylic acids is 1. The Morgan fingerprint density at radius 2 is 1.92 bits per heavy atom. The van der Waals surface area contributed by atoms with Crippen LogP contribution in [-0.4, -0.2) is 31.3 Å². The van der Waals surface area contributed by atoms with Gasteiger partial charge in [0.05, 0.1) is 9.52 Å². The molecule has 134 valence electrons. The largest absolute Gasteiger partial charge is 0.479 e. The Balaban J connectivity index is 2.47. The number of hydrogen-bond donors (Lipinski definition) is 2. The highest BCUT2D eigenvalue weighted by atomic mass is 28.2. The summed E-state index contributed by atoms with van der Waals surface area (Å²) >= 11 is 0. The second kappa shape index (κ2) is 6.93. The maximum atomic E-state index is 11.2. The zero-order chi connectivity index (χ0) is 19.0. The van der Waals surface area contributed by atoms with Gasteiger partial charge in [-0.2, -0.15) is 0 Å². The monoisotopic (exact) mass is 356 g/mol. The molecule has 25 heavy (non-hydrogen) atoms. The number of aryl methyl sites for hydroxylation is 1. The Kier molecular flexibility index (Phi) is 5.45. The molecule has 1 aliphatic rings. The molecule has 1 aromatic carbocycles. The van der Waals surface area contributed by atoms with Gasteiger partial charge < -0.3 is 10.2 Å². The van der Waals surface area contributed by atoms with Crippen molar-refractivity contribution >= 4 is 26.2 Å². The molecule has 0 spiro atoms. The van der Waals surface area contributed by atoms with Crippen LogP contribution in [0, 0.1) is 19.8 Å². The summed E-state index contributed by atoms with van der Waals surface area (Å²) in [6.45, 7) is 13.4. The molecule has 0 saturated heterocycles. The Bertz CT molecular complexity index is 744. The molecule has 1 aromatic rings. The zero-order valence-electron chi connectivity index (χ0n) is 16.0. The smallest absolute Gasteiger partial charge is 0.340 e. The summed E-state index contributed by atoms with van der Waals surface area (Å²) in [5.41, 5.74) is 2.93. The lowest BCUT2D eigenvalue weighted by Gasteiger charge is -2.31. The van der Waals surface area contributed by atoms with Crippen molar-refractivity contribution < 1.29 is 15.0 Å². The first-order valence-electron chi connectivity index (χ1n) is 8.72. The van der Waals surface area contributed by atoms with Crippen LogP contribution >= 0.6 is 0 Å². The Morgan fingerprint density at radius 1 is 1.28 bits per heavy atom. The van der Waals surface area contributed by atoms with E-state index in [9.17, 15) is 15.0 Å². The molecule has 2 radical (unpaired) electrons. The third-order valence-electron chi connectivity index (χ3n) is 5.48. The summed E-state index contributed by atoms with van der Waals surface area (Å²) in [6, 6.07) is 4.25. The summed E-state index contributed by atoms with van der Waals surface area (Å²) < 4.78 is 0. The van der Waals surface area contributed by atoms with Crippen LogP contribution in [0.15, 0.2) is 30.4 Å². The highest BCUT2D eigenvalue weighted by molar-refractivity contribution is 6.58. The summed E-state index contributed by atoms with van der Waals surface area (Å²) in [4.78, 5) is 11.2. The molecule has 1 unspecified atom stereocenters. The van der Waals surface area contributed by atoms with E-state index >= 15 is 0 Å². The van der Waals surface area contributed by atoms with Gasteiger partial charge in [0.25, 0.3) is 0 Å². The van der Waals surface area contributed by atoms with Gasteiger partial charge in [-0.05, 0) is 53.1 Å². The Labute approximate surface area is 153 Å². The maximum Gasteiger partial charge on any atom is 0.340 e. The van der Waals surface area contributed by atoms with Crippen molar-refractivity contribution in [3.8, 4) is 0 Å². The van der Waals surface area contributed by atoms with Crippen LogP contribution in [0.5, 0.6) is 0 Å². The van der Waals surface area contributed by atoms with Gasteiger partial charge in [-0.3, -0.25) is 0 Å². The number of aliphatic hydroxyl groups is 1. The van der Waals surface area contributed by atoms with Crippen LogP contribution in [0.4, 0.5) is 0 Å². The van der Waals surface area contributed by atoms with Crippen LogP contribution in [0.3, 0.4) is 0 Å². The molecule has 0 amide bonds. The highest BCUT2D eigenvalue weighted by Gasteiger charge is 2.34. The van der Waals surface area contributed by atoms with E-state index in [1.54, 1.807) is 6.08 Å². The maximum absolute atomic E-state index is 11.2. The fourth-order valence-corrected chi connectivity index (χ4v) is 4.35. The first kappa shape index (κ1) is 19.7. The SMILES string of the molecule is Cc1ccc(C2=CCC(O)(C(=O)O)C=C2)c([Si]C(C)(C)C(C)C)c1C. The van der Waals surface area contributed by atoms with Gasteiger partial charge in [-0.15, -0.1) is 0 Å². The summed E-state index contributed by atoms with van der Waals surface area (Å²) in [5.74, 6) is -0.645. The van der Waals surface area contributed by atoms with E-state index in [2.05, 4.69) is 53.7 Å². The molecule has 2 rings (SSSR count). The fourth-order valence-electron chi connectivity index (χ4n) is 2.67. The number of hydrogen-bond acceptors (Lipinski definition) is 2. The van der Waals surface area contributed by atoms with Crippen molar-refractivity contribution in [2.45, 2.75) is 58.6 Å². The van der Waals surface area contributed by atoms with Crippen molar-refractivity contribution in [1.82, 2.24) is 0 Å². The molecule has 4 heteroatoms. The van der Waals surface area contributed by atoms with Crippen molar-refractivity contribution in [2.24, 2.45) is 5.92 Å². The Morgan fingerprint density at radius 3 is 2.40 bits per heavy atom. The van der Waals surface area contributed by atoms with E-state index in [0.717, 1.165) is 11.1 Å². The standard InChI is InChI=1S/C21H28O3Si/c1-13(2)20(5,6)25-18-15(4)14(3)7-8-17(18)16-9-11-21(24,12-10-16)19(22)23/h7-11,13,24H,12H2,1-6H3,(H,22,23). The van der Waals surface area contributed by atoms with Crippen LogP contribution in [0.2, 0.25) is 5.04 Å². The van der Waals surface area contributed by atoms with Crippen LogP contribution in [-0.2, 0) is 4.79 Å². The van der Waals surface area contributed by atoms with E-state index in [0.29, 0.717) is 15.4 Å². The molecule has 0 saturated carbocycles. The van der Waals surface area contributed by atoms with Crippen molar-refractivity contribution in [3.63, 3.8) is 0 Å². The molecule has 0 fully saturated rings. The number of carboxylic acid groups (broad SMARTS) is 1.